The average molecular weight is 231 g/mol. The van der Waals surface area contributed by atoms with E-state index in [0.29, 0.717) is 5.82 Å². The van der Waals surface area contributed by atoms with Crippen molar-refractivity contribution in [3.63, 3.8) is 0 Å². The van der Waals surface area contributed by atoms with E-state index in [1.165, 1.54) is 6.33 Å². The van der Waals surface area contributed by atoms with Crippen LogP contribution in [0.15, 0.2) is 6.33 Å². The van der Waals surface area contributed by atoms with Crippen molar-refractivity contribution in [1.82, 2.24) is 9.97 Å². The number of hydrogen-bond acceptors (Lipinski definition) is 4. The Balaban J connectivity index is 2.33. The Bertz CT molecular complexity index is 479. The van der Waals surface area contributed by atoms with Crippen LogP contribution in [0.5, 0.6) is 0 Å². The van der Waals surface area contributed by atoms with Crippen molar-refractivity contribution in [2.45, 2.75) is 19.3 Å². The molecule has 1 aromatic rings. The summed E-state index contributed by atoms with van der Waals surface area (Å²) in [6.07, 6.45) is 9.60. The Morgan fingerprint density at radius 2 is 2.35 bits per heavy atom. The Morgan fingerprint density at radius 1 is 1.53 bits per heavy atom. The third-order valence-electron chi connectivity index (χ3n) is 2.76. The predicted molar refractivity (Wildman–Crippen MR) is 62.7 cm³/mol. The Hall–Kier alpha value is -2.09. The van der Waals surface area contributed by atoms with Crippen molar-refractivity contribution in [2.75, 3.05) is 18.0 Å². The van der Waals surface area contributed by atoms with Gasteiger partial charge >= 0.3 is 5.97 Å². The first-order chi connectivity index (χ1) is 8.22. The molecule has 1 aromatic heterocycles. The van der Waals surface area contributed by atoms with Crippen molar-refractivity contribution in [3.8, 4) is 12.3 Å². The number of rotatable bonds is 4. The summed E-state index contributed by atoms with van der Waals surface area (Å²) in [4.78, 5) is 20.8. The van der Waals surface area contributed by atoms with Crippen LogP contribution in [0, 0.1) is 12.3 Å². The first-order valence-electron chi connectivity index (χ1n) is 5.45. The third kappa shape index (κ3) is 2.36. The second-order valence-corrected chi connectivity index (χ2v) is 3.93. The molecule has 1 aliphatic rings. The average Bonchev–Trinajstić information content (AvgIpc) is 2.75. The first-order valence-corrected chi connectivity index (χ1v) is 5.45. The second kappa shape index (κ2) is 4.83. The molecule has 0 amide bonds. The van der Waals surface area contributed by atoms with Crippen LogP contribution >= 0.6 is 0 Å². The molecular formula is C12H13N3O2. The van der Waals surface area contributed by atoms with Crippen LogP contribution in [0.4, 0.5) is 5.82 Å². The SMILES string of the molecule is C#CCN(CC(=O)O)c1ncnc2c1CCC2. The number of aliphatic carboxylic acids is 1. The summed E-state index contributed by atoms with van der Waals surface area (Å²) in [5, 5.41) is 8.87. The molecule has 5 heteroatoms. The minimum absolute atomic E-state index is 0.131. The zero-order chi connectivity index (χ0) is 12.3. The van der Waals surface area contributed by atoms with Gasteiger partial charge in [-0.05, 0) is 19.3 Å². The normalized spacial score (nSPS) is 12.9. The van der Waals surface area contributed by atoms with Crippen molar-refractivity contribution in [2.24, 2.45) is 0 Å². The van der Waals surface area contributed by atoms with Crippen LogP contribution in [0.3, 0.4) is 0 Å². The fourth-order valence-electron chi connectivity index (χ4n) is 2.09. The molecule has 5 nitrogen and oxygen atoms in total. The summed E-state index contributed by atoms with van der Waals surface area (Å²) in [6, 6.07) is 0. The lowest BCUT2D eigenvalue weighted by molar-refractivity contribution is -0.135. The summed E-state index contributed by atoms with van der Waals surface area (Å²) in [5.74, 6) is 2.23. The number of aromatic nitrogens is 2. The number of carboxylic acids is 1. The lowest BCUT2D eigenvalue weighted by Gasteiger charge is -2.21. The van der Waals surface area contributed by atoms with Crippen LogP contribution in [0.2, 0.25) is 0 Å². The van der Waals surface area contributed by atoms with Gasteiger partial charge in [0.25, 0.3) is 0 Å². The van der Waals surface area contributed by atoms with Crippen LogP contribution < -0.4 is 4.90 Å². The highest BCUT2D eigenvalue weighted by atomic mass is 16.4. The molecule has 17 heavy (non-hydrogen) atoms. The Morgan fingerprint density at radius 3 is 3.06 bits per heavy atom. The Kier molecular flexibility index (Phi) is 3.24. The van der Waals surface area contributed by atoms with E-state index in [-0.39, 0.29) is 13.1 Å². The van der Waals surface area contributed by atoms with E-state index < -0.39 is 5.97 Å². The highest BCUT2D eigenvalue weighted by molar-refractivity contribution is 5.74. The van der Waals surface area contributed by atoms with E-state index in [4.69, 9.17) is 11.5 Å². The number of nitrogens with zero attached hydrogens (tertiary/aromatic N) is 3. The van der Waals surface area contributed by atoms with Gasteiger partial charge in [-0.3, -0.25) is 4.79 Å². The number of carboxylic acid groups (broad SMARTS) is 1. The molecule has 0 bridgehead atoms. The van der Waals surface area contributed by atoms with Crippen LogP contribution in [-0.2, 0) is 17.6 Å². The quantitative estimate of drug-likeness (QED) is 0.764. The monoisotopic (exact) mass is 231 g/mol. The maximum atomic E-state index is 10.8. The number of anilines is 1. The Labute approximate surface area is 99.5 Å². The molecule has 1 N–H and O–H groups in total. The second-order valence-electron chi connectivity index (χ2n) is 3.93. The zero-order valence-electron chi connectivity index (χ0n) is 9.39. The van der Waals surface area contributed by atoms with Gasteiger partial charge in [0, 0.05) is 11.3 Å². The van der Waals surface area contributed by atoms with Crippen molar-refractivity contribution < 1.29 is 9.90 Å². The van der Waals surface area contributed by atoms with E-state index in [2.05, 4.69) is 15.9 Å². The molecule has 1 heterocycles. The zero-order valence-corrected chi connectivity index (χ0v) is 9.39. The molecule has 2 rings (SSSR count). The summed E-state index contributed by atoms with van der Waals surface area (Å²) >= 11 is 0. The van der Waals surface area contributed by atoms with Gasteiger partial charge in [0.05, 0.1) is 6.54 Å². The highest BCUT2D eigenvalue weighted by Gasteiger charge is 2.21. The van der Waals surface area contributed by atoms with Gasteiger partial charge in [-0.1, -0.05) is 5.92 Å². The molecule has 0 aliphatic heterocycles. The number of carbonyl (C=O) groups is 1. The standard InChI is InChI=1S/C12H13N3O2/c1-2-6-15(7-11(16)17)12-9-4-3-5-10(9)13-8-14-12/h1,8H,3-7H2,(H,16,17). The van der Waals surface area contributed by atoms with Gasteiger partial charge in [-0.15, -0.1) is 6.42 Å². The van der Waals surface area contributed by atoms with Gasteiger partial charge < -0.3 is 10.0 Å². The third-order valence-corrected chi connectivity index (χ3v) is 2.76. The van der Waals surface area contributed by atoms with E-state index >= 15 is 0 Å². The number of terminal acetylenes is 1. The molecule has 0 atom stereocenters. The fourth-order valence-corrected chi connectivity index (χ4v) is 2.09. The molecule has 0 unspecified atom stereocenters. The fraction of sp³-hybridized carbons (Fsp3) is 0.417. The lowest BCUT2D eigenvalue weighted by atomic mass is 10.2. The molecule has 1 aliphatic carbocycles. The summed E-state index contributed by atoms with van der Waals surface area (Å²) in [6.45, 7) is 0.114. The molecule has 0 saturated heterocycles. The van der Waals surface area contributed by atoms with Crippen molar-refractivity contribution >= 4 is 11.8 Å². The summed E-state index contributed by atoms with van der Waals surface area (Å²) in [5.41, 5.74) is 2.06. The molecule has 0 aromatic carbocycles. The predicted octanol–water partition coefficient (Wildman–Crippen LogP) is 0.489. The van der Waals surface area contributed by atoms with Gasteiger partial charge in [-0.2, -0.15) is 0 Å². The maximum absolute atomic E-state index is 10.8. The van der Waals surface area contributed by atoms with Crippen LogP contribution in [0.25, 0.3) is 0 Å². The molecule has 88 valence electrons. The number of fused-ring (bicyclic) bond motifs is 1. The van der Waals surface area contributed by atoms with Gasteiger partial charge in [0.1, 0.15) is 18.7 Å². The van der Waals surface area contributed by atoms with Crippen LogP contribution in [0.1, 0.15) is 17.7 Å². The van der Waals surface area contributed by atoms with Crippen molar-refractivity contribution in [3.05, 3.63) is 17.6 Å². The van der Waals surface area contributed by atoms with E-state index in [1.807, 2.05) is 0 Å². The maximum Gasteiger partial charge on any atom is 0.323 e. The minimum atomic E-state index is -0.911. The highest BCUT2D eigenvalue weighted by Crippen LogP contribution is 2.27. The number of hydrogen-bond donors (Lipinski definition) is 1. The first kappa shape index (κ1) is 11.4. The van der Waals surface area contributed by atoms with E-state index in [0.717, 1.165) is 30.5 Å². The van der Waals surface area contributed by atoms with Gasteiger partial charge in [-0.25, -0.2) is 9.97 Å². The molecule has 0 spiro atoms. The van der Waals surface area contributed by atoms with Crippen molar-refractivity contribution in [1.29, 1.82) is 0 Å². The molecule has 0 saturated carbocycles. The van der Waals surface area contributed by atoms with E-state index in [1.54, 1.807) is 4.90 Å². The molecular weight excluding hydrogens is 218 g/mol. The smallest absolute Gasteiger partial charge is 0.323 e. The van der Waals surface area contributed by atoms with E-state index in [9.17, 15) is 4.79 Å². The minimum Gasteiger partial charge on any atom is -0.480 e. The number of aryl methyl sites for hydroxylation is 1. The topological polar surface area (TPSA) is 66.3 Å². The summed E-state index contributed by atoms with van der Waals surface area (Å²) < 4.78 is 0. The lowest BCUT2D eigenvalue weighted by Crippen LogP contribution is -2.31. The largest absolute Gasteiger partial charge is 0.480 e. The molecule has 0 radical (unpaired) electrons. The van der Waals surface area contributed by atoms with Gasteiger partial charge in [0.2, 0.25) is 0 Å². The summed E-state index contributed by atoms with van der Waals surface area (Å²) in [7, 11) is 0. The van der Waals surface area contributed by atoms with Crippen LogP contribution in [-0.4, -0.2) is 34.1 Å². The molecule has 0 fully saturated rings. The van der Waals surface area contributed by atoms with Gasteiger partial charge in [0.15, 0.2) is 0 Å².